The van der Waals surface area contributed by atoms with Crippen molar-refractivity contribution in [1.29, 1.82) is 0 Å². The van der Waals surface area contributed by atoms with Crippen molar-refractivity contribution >= 4 is 24.2 Å². The molecule has 1 heterocycles. The summed E-state index contributed by atoms with van der Waals surface area (Å²) in [6.45, 7) is 4.30. The quantitative estimate of drug-likeness (QED) is 0.465. The summed E-state index contributed by atoms with van der Waals surface area (Å²) in [6, 6.07) is -1.72. The van der Waals surface area contributed by atoms with Gasteiger partial charge >= 0.3 is 6.09 Å². The monoisotopic (exact) mass is 313 g/mol. The van der Waals surface area contributed by atoms with E-state index in [-0.39, 0.29) is 24.2 Å². The summed E-state index contributed by atoms with van der Waals surface area (Å²) < 4.78 is 0. The highest BCUT2D eigenvalue weighted by Gasteiger charge is 2.29. The number of hydrogen-bond acceptors (Lipinski definition) is 4. The number of carbonyl (C=O) groups excluding carboxylic acids is 3. The van der Waals surface area contributed by atoms with E-state index in [0.29, 0.717) is 25.7 Å². The second kappa shape index (κ2) is 8.35. The molecular formula is C14H23N3O5. The first-order chi connectivity index (χ1) is 10.3. The van der Waals surface area contributed by atoms with Crippen LogP contribution in [0.3, 0.4) is 0 Å². The van der Waals surface area contributed by atoms with Crippen molar-refractivity contribution < 1.29 is 24.3 Å². The Morgan fingerprint density at radius 1 is 1.41 bits per heavy atom. The molecule has 1 saturated heterocycles. The number of rotatable bonds is 8. The predicted octanol–water partition coefficient (Wildman–Crippen LogP) is -0.121. The van der Waals surface area contributed by atoms with Crippen LogP contribution in [0.15, 0.2) is 0 Å². The molecule has 0 bridgehead atoms. The average molecular weight is 313 g/mol. The molecule has 4 N–H and O–H groups in total. The summed E-state index contributed by atoms with van der Waals surface area (Å²) in [5, 5.41) is 16.1. The van der Waals surface area contributed by atoms with Gasteiger partial charge in [-0.25, -0.2) is 4.79 Å². The third-order valence-corrected chi connectivity index (χ3v) is 3.51. The normalized spacial score (nSPS) is 20.1. The number of aldehydes is 1. The fraction of sp³-hybridized carbons (Fsp3) is 0.714. The molecule has 3 amide bonds. The van der Waals surface area contributed by atoms with E-state index in [9.17, 15) is 19.2 Å². The summed E-state index contributed by atoms with van der Waals surface area (Å²) in [6.07, 6.45) is 0.466. The van der Waals surface area contributed by atoms with Crippen LogP contribution in [0.1, 0.15) is 33.1 Å². The van der Waals surface area contributed by atoms with Crippen LogP contribution >= 0.6 is 0 Å². The molecule has 22 heavy (non-hydrogen) atoms. The van der Waals surface area contributed by atoms with Gasteiger partial charge in [-0.2, -0.15) is 0 Å². The number of carboxylic acid groups (broad SMARTS) is 1. The zero-order valence-electron chi connectivity index (χ0n) is 12.8. The summed E-state index contributed by atoms with van der Waals surface area (Å²) in [5.74, 6) is -0.862. The maximum Gasteiger partial charge on any atom is 0.405 e. The van der Waals surface area contributed by atoms with Crippen molar-refractivity contribution in [3.05, 3.63) is 0 Å². The molecule has 0 aliphatic carbocycles. The molecule has 0 spiro atoms. The van der Waals surface area contributed by atoms with Crippen molar-refractivity contribution in [2.45, 2.75) is 45.2 Å². The Bertz CT molecular complexity index is 438. The molecule has 1 aliphatic heterocycles. The molecule has 0 saturated carbocycles. The maximum absolute atomic E-state index is 12.1. The van der Waals surface area contributed by atoms with E-state index in [2.05, 4.69) is 16.0 Å². The van der Waals surface area contributed by atoms with Gasteiger partial charge in [0.15, 0.2) is 0 Å². The largest absolute Gasteiger partial charge is 0.465 e. The third-order valence-electron chi connectivity index (χ3n) is 3.51. The lowest BCUT2D eigenvalue weighted by atomic mass is 9.98. The van der Waals surface area contributed by atoms with E-state index in [4.69, 9.17) is 5.11 Å². The SMILES string of the molecule is CC(C)CC(NC(=O)O)C(=O)NC(C=O)CC1CCNC1=O. The summed E-state index contributed by atoms with van der Waals surface area (Å²) >= 11 is 0. The standard InChI is InChI=1S/C14H23N3O5/c1-8(2)5-11(17-14(21)22)13(20)16-10(7-18)6-9-3-4-15-12(9)19/h7-11,17H,3-6H2,1-2H3,(H,15,19)(H,16,20)(H,21,22). The van der Waals surface area contributed by atoms with Gasteiger partial charge in [0.25, 0.3) is 0 Å². The van der Waals surface area contributed by atoms with Crippen molar-refractivity contribution in [3.63, 3.8) is 0 Å². The van der Waals surface area contributed by atoms with Gasteiger partial charge in [0, 0.05) is 12.5 Å². The highest BCUT2D eigenvalue weighted by atomic mass is 16.4. The molecule has 8 heteroatoms. The number of nitrogens with one attached hydrogen (secondary N) is 3. The Hall–Kier alpha value is -2.12. The van der Waals surface area contributed by atoms with Crippen LogP contribution in [-0.4, -0.2) is 47.9 Å². The molecule has 1 aliphatic rings. The lowest BCUT2D eigenvalue weighted by Crippen LogP contribution is -2.50. The molecule has 1 fully saturated rings. The number of hydrogen-bond donors (Lipinski definition) is 4. The topological polar surface area (TPSA) is 125 Å². The average Bonchev–Trinajstić information content (AvgIpc) is 2.81. The predicted molar refractivity (Wildman–Crippen MR) is 78.1 cm³/mol. The summed E-state index contributed by atoms with van der Waals surface area (Å²) in [4.78, 5) is 45.5. The Morgan fingerprint density at radius 3 is 2.55 bits per heavy atom. The van der Waals surface area contributed by atoms with Gasteiger partial charge in [-0.15, -0.1) is 0 Å². The van der Waals surface area contributed by atoms with Crippen molar-refractivity contribution in [3.8, 4) is 0 Å². The van der Waals surface area contributed by atoms with E-state index >= 15 is 0 Å². The zero-order chi connectivity index (χ0) is 16.7. The first-order valence-corrected chi connectivity index (χ1v) is 7.36. The second-order valence-electron chi connectivity index (χ2n) is 5.90. The molecule has 0 radical (unpaired) electrons. The lowest BCUT2D eigenvalue weighted by Gasteiger charge is -2.22. The molecule has 0 aromatic heterocycles. The molecule has 3 atom stereocenters. The van der Waals surface area contributed by atoms with Crippen molar-refractivity contribution in [2.24, 2.45) is 11.8 Å². The van der Waals surface area contributed by atoms with Crippen LogP contribution < -0.4 is 16.0 Å². The molecule has 0 aromatic carbocycles. The molecule has 8 nitrogen and oxygen atoms in total. The van der Waals surface area contributed by atoms with Crippen LogP contribution in [0, 0.1) is 11.8 Å². The minimum Gasteiger partial charge on any atom is -0.465 e. The van der Waals surface area contributed by atoms with Gasteiger partial charge < -0.3 is 25.9 Å². The lowest BCUT2D eigenvalue weighted by molar-refractivity contribution is -0.127. The first kappa shape index (κ1) is 17.9. The molecular weight excluding hydrogens is 290 g/mol. The highest BCUT2D eigenvalue weighted by Crippen LogP contribution is 2.15. The minimum absolute atomic E-state index is 0.109. The number of carbonyl (C=O) groups is 4. The van der Waals surface area contributed by atoms with Gasteiger partial charge in [-0.1, -0.05) is 13.8 Å². The van der Waals surface area contributed by atoms with E-state index in [1.807, 2.05) is 13.8 Å². The number of amides is 3. The van der Waals surface area contributed by atoms with Crippen molar-refractivity contribution in [1.82, 2.24) is 16.0 Å². The van der Waals surface area contributed by atoms with Gasteiger partial charge in [-0.05, 0) is 25.2 Å². The van der Waals surface area contributed by atoms with Gasteiger partial charge in [-0.3, -0.25) is 9.59 Å². The maximum atomic E-state index is 12.1. The fourth-order valence-electron chi connectivity index (χ4n) is 2.46. The van der Waals surface area contributed by atoms with Gasteiger partial charge in [0.2, 0.25) is 11.8 Å². The molecule has 0 aromatic rings. The van der Waals surface area contributed by atoms with Crippen molar-refractivity contribution in [2.75, 3.05) is 6.54 Å². The Morgan fingerprint density at radius 2 is 2.09 bits per heavy atom. The Balaban J connectivity index is 2.61. The van der Waals surface area contributed by atoms with Crippen LogP contribution in [-0.2, 0) is 14.4 Å². The van der Waals surface area contributed by atoms with Gasteiger partial charge in [0.1, 0.15) is 12.3 Å². The third kappa shape index (κ3) is 5.71. The van der Waals surface area contributed by atoms with E-state index < -0.39 is 24.1 Å². The zero-order valence-corrected chi connectivity index (χ0v) is 12.8. The van der Waals surface area contributed by atoms with Crippen LogP contribution in [0.2, 0.25) is 0 Å². The van der Waals surface area contributed by atoms with Crippen LogP contribution in [0.5, 0.6) is 0 Å². The smallest absolute Gasteiger partial charge is 0.405 e. The second-order valence-corrected chi connectivity index (χ2v) is 5.90. The van der Waals surface area contributed by atoms with Crippen LogP contribution in [0.4, 0.5) is 4.79 Å². The fourth-order valence-corrected chi connectivity index (χ4v) is 2.46. The molecule has 3 unspecified atom stereocenters. The van der Waals surface area contributed by atoms with E-state index in [1.54, 1.807) is 0 Å². The van der Waals surface area contributed by atoms with E-state index in [0.717, 1.165) is 0 Å². The minimum atomic E-state index is -1.29. The molecule has 124 valence electrons. The Kier molecular flexibility index (Phi) is 6.81. The van der Waals surface area contributed by atoms with Gasteiger partial charge in [0.05, 0.1) is 6.04 Å². The highest BCUT2D eigenvalue weighted by molar-refractivity contribution is 5.87. The first-order valence-electron chi connectivity index (χ1n) is 7.36. The molecule has 1 rings (SSSR count). The van der Waals surface area contributed by atoms with Crippen LogP contribution in [0.25, 0.3) is 0 Å². The van der Waals surface area contributed by atoms with E-state index in [1.165, 1.54) is 0 Å². The summed E-state index contributed by atoms with van der Waals surface area (Å²) in [5.41, 5.74) is 0. The summed E-state index contributed by atoms with van der Waals surface area (Å²) in [7, 11) is 0. The Labute approximate surface area is 129 Å².